The van der Waals surface area contributed by atoms with E-state index < -0.39 is 18.0 Å². The van der Waals surface area contributed by atoms with Crippen molar-refractivity contribution in [2.75, 3.05) is 22.5 Å². The van der Waals surface area contributed by atoms with Gasteiger partial charge in [0.25, 0.3) is 11.8 Å². The third kappa shape index (κ3) is 3.98. The average Bonchev–Trinajstić information content (AvgIpc) is 3.24. The molecule has 0 spiro atoms. The largest absolute Gasteiger partial charge is 0.340 e. The molecule has 0 radical (unpaired) electrons. The van der Waals surface area contributed by atoms with Gasteiger partial charge < -0.3 is 26.2 Å². The summed E-state index contributed by atoms with van der Waals surface area (Å²) in [4.78, 5) is 64.5. The van der Waals surface area contributed by atoms with Gasteiger partial charge in [-0.15, -0.1) is 0 Å². The van der Waals surface area contributed by atoms with Crippen LogP contribution < -0.4 is 21.3 Å². The van der Waals surface area contributed by atoms with E-state index in [1.807, 2.05) is 0 Å². The Morgan fingerprint density at radius 1 is 0.971 bits per heavy atom. The van der Waals surface area contributed by atoms with Gasteiger partial charge in [0.05, 0.1) is 22.5 Å². The van der Waals surface area contributed by atoms with Crippen molar-refractivity contribution in [1.82, 2.24) is 10.2 Å². The molecule has 3 aliphatic rings. The number of para-hydroxylation sites is 1. The minimum atomic E-state index is -0.860. The Hall–Kier alpha value is -4.21. The quantitative estimate of drug-likeness (QED) is 0.550. The van der Waals surface area contributed by atoms with Gasteiger partial charge in [0.1, 0.15) is 12.1 Å². The standard InChI is InChI=1S/C24H23N5O5/c30-20(10-9-18-22(32)26-16-5-2-1-4-14(16)21(31)28-18)25-13-7-8-17-15(12-13)24(34)29-11-3-6-19(29)23(33)27-17/h1-2,4-5,7-8,12,18-19H,3,6,9-11H2,(H,25,30)(H,26,32)(H,27,33)(H,28,31)/t18-,19+/m0/s1. The van der Waals surface area contributed by atoms with Gasteiger partial charge in [-0.25, -0.2) is 0 Å². The van der Waals surface area contributed by atoms with Crippen LogP contribution in [0.15, 0.2) is 42.5 Å². The molecule has 2 aromatic carbocycles. The minimum absolute atomic E-state index is 0.0231. The van der Waals surface area contributed by atoms with Gasteiger partial charge in [-0.1, -0.05) is 12.1 Å². The molecule has 2 atom stereocenters. The van der Waals surface area contributed by atoms with Crippen LogP contribution in [-0.4, -0.2) is 53.1 Å². The van der Waals surface area contributed by atoms with Gasteiger partial charge in [-0.05, 0) is 49.6 Å². The van der Waals surface area contributed by atoms with Crippen molar-refractivity contribution in [2.45, 2.75) is 37.8 Å². The Morgan fingerprint density at radius 3 is 2.59 bits per heavy atom. The van der Waals surface area contributed by atoms with Crippen LogP contribution in [0, 0.1) is 0 Å². The Labute approximate surface area is 195 Å². The minimum Gasteiger partial charge on any atom is -0.340 e. The monoisotopic (exact) mass is 461 g/mol. The third-order valence-corrected chi connectivity index (χ3v) is 6.32. The molecular weight excluding hydrogens is 438 g/mol. The highest BCUT2D eigenvalue weighted by molar-refractivity contribution is 6.11. The summed E-state index contributed by atoms with van der Waals surface area (Å²) in [6.45, 7) is 0.520. The zero-order valence-corrected chi connectivity index (χ0v) is 18.2. The number of nitrogens with zero attached hydrogens (tertiary/aromatic N) is 1. The molecule has 4 N–H and O–H groups in total. The molecule has 0 bridgehead atoms. The molecule has 0 aliphatic carbocycles. The van der Waals surface area contributed by atoms with Crippen LogP contribution >= 0.6 is 0 Å². The molecule has 3 aliphatic heterocycles. The summed E-state index contributed by atoms with van der Waals surface area (Å²) in [5.41, 5.74) is 1.94. The number of hydrogen-bond donors (Lipinski definition) is 4. The fraction of sp³-hybridized carbons (Fsp3) is 0.292. The average molecular weight is 461 g/mol. The molecule has 5 amide bonds. The van der Waals surface area contributed by atoms with Crippen LogP contribution in [0.4, 0.5) is 17.1 Å². The van der Waals surface area contributed by atoms with E-state index in [9.17, 15) is 24.0 Å². The molecule has 10 nitrogen and oxygen atoms in total. The van der Waals surface area contributed by atoms with E-state index in [1.165, 1.54) is 0 Å². The van der Waals surface area contributed by atoms with E-state index in [0.717, 1.165) is 6.42 Å². The number of anilines is 3. The first-order chi connectivity index (χ1) is 16.4. The molecule has 1 saturated heterocycles. The number of rotatable bonds is 4. The molecule has 0 saturated carbocycles. The highest BCUT2D eigenvalue weighted by atomic mass is 16.2. The highest BCUT2D eigenvalue weighted by Crippen LogP contribution is 2.30. The number of benzene rings is 2. The van der Waals surface area contributed by atoms with Crippen LogP contribution in [0.3, 0.4) is 0 Å². The lowest BCUT2D eigenvalue weighted by atomic mass is 10.1. The van der Waals surface area contributed by atoms with Gasteiger partial charge in [-0.3, -0.25) is 24.0 Å². The number of hydrogen-bond acceptors (Lipinski definition) is 5. The first kappa shape index (κ1) is 21.6. The Bertz CT molecular complexity index is 1230. The molecule has 0 aromatic heterocycles. The van der Waals surface area contributed by atoms with Crippen molar-refractivity contribution < 1.29 is 24.0 Å². The first-order valence-corrected chi connectivity index (χ1v) is 11.2. The summed E-state index contributed by atoms with van der Waals surface area (Å²) in [6.07, 6.45) is 1.48. The zero-order valence-electron chi connectivity index (χ0n) is 18.2. The Morgan fingerprint density at radius 2 is 1.74 bits per heavy atom. The van der Waals surface area contributed by atoms with Gasteiger partial charge in [0.15, 0.2) is 0 Å². The maximum atomic E-state index is 13.0. The van der Waals surface area contributed by atoms with E-state index in [4.69, 9.17) is 0 Å². The smallest absolute Gasteiger partial charge is 0.256 e. The van der Waals surface area contributed by atoms with E-state index in [1.54, 1.807) is 47.4 Å². The SMILES string of the molecule is O=C(CC[C@@H]1NC(=O)c2ccccc2NC1=O)Nc1ccc2c(c1)C(=O)N1CCC[C@@H]1C(=O)N2. The van der Waals surface area contributed by atoms with Gasteiger partial charge in [0, 0.05) is 18.7 Å². The van der Waals surface area contributed by atoms with Gasteiger partial charge in [-0.2, -0.15) is 0 Å². The van der Waals surface area contributed by atoms with Crippen molar-refractivity contribution in [2.24, 2.45) is 0 Å². The molecule has 3 heterocycles. The van der Waals surface area contributed by atoms with Gasteiger partial charge >= 0.3 is 0 Å². The topological polar surface area (TPSA) is 137 Å². The normalized spacial score (nSPS) is 21.2. The number of carbonyl (C=O) groups excluding carboxylic acids is 5. The highest BCUT2D eigenvalue weighted by Gasteiger charge is 2.38. The van der Waals surface area contributed by atoms with Crippen LogP contribution in [0.25, 0.3) is 0 Å². The molecule has 2 aromatic rings. The summed E-state index contributed by atoms with van der Waals surface area (Å²) in [5.74, 6) is -1.59. The summed E-state index contributed by atoms with van der Waals surface area (Å²) in [7, 11) is 0. The lowest BCUT2D eigenvalue weighted by Crippen LogP contribution is -2.41. The van der Waals surface area contributed by atoms with Crippen molar-refractivity contribution in [3.8, 4) is 0 Å². The van der Waals surface area contributed by atoms with Crippen LogP contribution in [0.1, 0.15) is 46.4 Å². The third-order valence-electron chi connectivity index (χ3n) is 6.32. The van der Waals surface area contributed by atoms with Crippen molar-refractivity contribution in [3.05, 3.63) is 53.6 Å². The van der Waals surface area contributed by atoms with E-state index in [0.29, 0.717) is 41.2 Å². The predicted octanol–water partition coefficient (Wildman–Crippen LogP) is 1.71. The van der Waals surface area contributed by atoms with Gasteiger partial charge in [0.2, 0.25) is 17.7 Å². The number of nitrogens with one attached hydrogen (secondary N) is 4. The van der Waals surface area contributed by atoms with Crippen molar-refractivity contribution >= 4 is 46.6 Å². The summed E-state index contributed by atoms with van der Waals surface area (Å²) in [6, 6.07) is 10.1. The Balaban J connectivity index is 1.24. The fourth-order valence-electron chi connectivity index (χ4n) is 4.57. The maximum Gasteiger partial charge on any atom is 0.256 e. The van der Waals surface area contributed by atoms with Crippen LogP contribution in [0.5, 0.6) is 0 Å². The summed E-state index contributed by atoms with van der Waals surface area (Å²) in [5, 5.41) is 10.9. The molecule has 0 unspecified atom stereocenters. The second kappa shape index (κ2) is 8.62. The lowest BCUT2D eigenvalue weighted by molar-refractivity contribution is -0.120. The van der Waals surface area contributed by atoms with Crippen molar-refractivity contribution in [3.63, 3.8) is 0 Å². The predicted molar refractivity (Wildman–Crippen MR) is 123 cm³/mol. The molecule has 174 valence electrons. The number of carbonyl (C=O) groups is 5. The molecule has 1 fully saturated rings. The van der Waals surface area contributed by atoms with Crippen LogP contribution in [0.2, 0.25) is 0 Å². The van der Waals surface area contributed by atoms with Crippen molar-refractivity contribution in [1.29, 1.82) is 0 Å². The first-order valence-electron chi connectivity index (χ1n) is 11.2. The van der Waals surface area contributed by atoms with E-state index >= 15 is 0 Å². The molecule has 10 heteroatoms. The van der Waals surface area contributed by atoms with E-state index in [-0.39, 0.29) is 36.5 Å². The number of amides is 5. The summed E-state index contributed by atoms with van der Waals surface area (Å²) < 4.78 is 0. The maximum absolute atomic E-state index is 13.0. The summed E-state index contributed by atoms with van der Waals surface area (Å²) >= 11 is 0. The molecule has 34 heavy (non-hydrogen) atoms. The fourth-order valence-corrected chi connectivity index (χ4v) is 4.57. The lowest BCUT2D eigenvalue weighted by Gasteiger charge is -2.20. The number of fused-ring (bicyclic) bond motifs is 3. The molecule has 5 rings (SSSR count). The Kier molecular flexibility index (Phi) is 5.48. The van der Waals surface area contributed by atoms with Crippen LogP contribution in [-0.2, 0) is 14.4 Å². The zero-order chi connectivity index (χ0) is 23.8. The molecular formula is C24H23N5O5. The van der Waals surface area contributed by atoms with E-state index in [2.05, 4.69) is 21.3 Å². The second-order valence-corrected chi connectivity index (χ2v) is 8.55. The second-order valence-electron chi connectivity index (χ2n) is 8.55.